The Hall–Kier alpha value is -1.17. The summed E-state index contributed by atoms with van der Waals surface area (Å²) in [6.07, 6.45) is 1.78. The van der Waals surface area contributed by atoms with Crippen LogP contribution in [0.2, 0.25) is 0 Å². The van der Waals surface area contributed by atoms with Crippen LogP contribution in [0.4, 0.5) is 0 Å². The largest absolute Gasteiger partial charge is 0.481 e. The first kappa shape index (κ1) is 14.8. The maximum absolute atomic E-state index is 5.80. The molecule has 3 heterocycles. The topological polar surface area (TPSA) is 37.8 Å². The molecule has 1 aromatic rings. The lowest BCUT2D eigenvalue weighted by atomic mass is 9.87. The Balaban J connectivity index is 1.69. The Morgan fingerprint density at radius 2 is 2.24 bits per heavy atom. The lowest BCUT2D eigenvalue weighted by molar-refractivity contribution is -0.0229. The zero-order valence-electron chi connectivity index (χ0n) is 13.2. The Bertz CT molecular complexity index is 480. The summed E-state index contributed by atoms with van der Waals surface area (Å²) in [6.45, 7) is 4.90. The Morgan fingerprint density at radius 3 is 3.00 bits per heavy atom. The molecule has 0 N–H and O–H groups in total. The van der Waals surface area contributed by atoms with Crippen LogP contribution in [0, 0.1) is 11.8 Å². The van der Waals surface area contributed by atoms with Crippen LogP contribution in [0.1, 0.15) is 5.56 Å². The molecule has 0 spiro atoms. The van der Waals surface area contributed by atoms with Crippen LogP contribution < -0.4 is 4.74 Å². The molecule has 3 atom stereocenters. The highest BCUT2D eigenvalue weighted by Crippen LogP contribution is 2.33. The van der Waals surface area contributed by atoms with Crippen LogP contribution >= 0.6 is 0 Å². The summed E-state index contributed by atoms with van der Waals surface area (Å²) in [5, 5.41) is 0. The van der Waals surface area contributed by atoms with Crippen molar-refractivity contribution in [2.75, 3.05) is 47.5 Å². The summed E-state index contributed by atoms with van der Waals surface area (Å²) in [5.41, 5.74) is 1.17. The fraction of sp³-hybridized carbons (Fsp3) is 0.688. The van der Waals surface area contributed by atoms with Crippen LogP contribution in [0.25, 0.3) is 0 Å². The number of methoxy groups -OCH3 is 1. The SMILES string of the molecule is COc1ncccc1CN1C[C@@H]2COC[C@@H](N(C)C)[C@@H]2C1. The van der Waals surface area contributed by atoms with E-state index in [1.54, 1.807) is 13.3 Å². The highest BCUT2D eigenvalue weighted by molar-refractivity contribution is 5.25. The average Bonchev–Trinajstić information content (AvgIpc) is 2.89. The van der Waals surface area contributed by atoms with Gasteiger partial charge in [0, 0.05) is 43.4 Å². The number of aromatic nitrogens is 1. The molecule has 0 aromatic carbocycles. The first-order valence-electron chi connectivity index (χ1n) is 7.63. The number of nitrogens with zero attached hydrogens (tertiary/aromatic N) is 3. The molecule has 1 aromatic heterocycles. The Morgan fingerprint density at radius 1 is 1.38 bits per heavy atom. The summed E-state index contributed by atoms with van der Waals surface area (Å²) in [4.78, 5) is 9.12. The molecule has 5 heteroatoms. The molecule has 5 nitrogen and oxygen atoms in total. The van der Waals surface area contributed by atoms with Crippen molar-refractivity contribution in [1.29, 1.82) is 0 Å². The van der Waals surface area contributed by atoms with Crippen LogP contribution in [0.15, 0.2) is 18.3 Å². The van der Waals surface area contributed by atoms with E-state index in [1.807, 2.05) is 6.07 Å². The van der Waals surface area contributed by atoms with E-state index < -0.39 is 0 Å². The third-order valence-corrected chi connectivity index (χ3v) is 4.78. The summed E-state index contributed by atoms with van der Waals surface area (Å²) < 4.78 is 11.2. The fourth-order valence-corrected chi connectivity index (χ4v) is 3.69. The van der Waals surface area contributed by atoms with E-state index in [1.165, 1.54) is 5.56 Å². The minimum absolute atomic E-state index is 0.532. The number of hydrogen-bond donors (Lipinski definition) is 0. The second-order valence-corrected chi connectivity index (χ2v) is 6.36. The van der Waals surface area contributed by atoms with Gasteiger partial charge in [-0.3, -0.25) is 4.90 Å². The van der Waals surface area contributed by atoms with Crippen molar-refractivity contribution in [1.82, 2.24) is 14.8 Å². The molecule has 0 saturated carbocycles. The van der Waals surface area contributed by atoms with Gasteiger partial charge in [-0.1, -0.05) is 6.07 Å². The lowest BCUT2D eigenvalue weighted by Gasteiger charge is -2.37. The average molecular weight is 291 g/mol. The summed E-state index contributed by atoms with van der Waals surface area (Å²) in [7, 11) is 6.00. The lowest BCUT2D eigenvalue weighted by Crippen LogP contribution is -2.47. The van der Waals surface area contributed by atoms with E-state index in [-0.39, 0.29) is 0 Å². The number of likely N-dealkylation sites (N-methyl/N-ethyl adjacent to an activating group) is 1. The van der Waals surface area contributed by atoms with Gasteiger partial charge in [-0.15, -0.1) is 0 Å². The predicted octanol–water partition coefficient (Wildman–Crippen LogP) is 1.10. The molecule has 0 radical (unpaired) electrons. The number of rotatable bonds is 4. The summed E-state index contributed by atoms with van der Waals surface area (Å²) in [6, 6.07) is 4.62. The molecular formula is C16H25N3O2. The minimum Gasteiger partial charge on any atom is -0.481 e. The van der Waals surface area contributed by atoms with Gasteiger partial charge in [0.25, 0.3) is 0 Å². The van der Waals surface area contributed by atoms with E-state index in [0.717, 1.165) is 38.7 Å². The van der Waals surface area contributed by atoms with Crippen molar-refractivity contribution in [3.05, 3.63) is 23.9 Å². The van der Waals surface area contributed by atoms with Gasteiger partial charge in [-0.05, 0) is 26.1 Å². The van der Waals surface area contributed by atoms with Gasteiger partial charge in [0.1, 0.15) is 0 Å². The number of ether oxygens (including phenoxy) is 2. The third-order valence-electron chi connectivity index (χ3n) is 4.78. The summed E-state index contributed by atoms with van der Waals surface area (Å²) >= 11 is 0. The molecule has 0 unspecified atom stereocenters. The van der Waals surface area contributed by atoms with E-state index in [2.05, 4.69) is 34.9 Å². The summed E-state index contributed by atoms with van der Waals surface area (Å²) in [5.74, 6) is 2.10. The normalized spacial score (nSPS) is 29.6. The van der Waals surface area contributed by atoms with Crippen LogP contribution in [0.3, 0.4) is 0 Å². The zero-order chi connectivity index (χ0) is 14.8. The highest BCUT2D eigenvalue weighted by Gasteiger charge is 2.41. The molecule has 0 bridgehead atoms. The van der Waals surface area contributed by atoms with Gasteiger partial charge in [-0.2, -0.15) is 0 Å². The van der Waals surface area contributed by atoms with E-state index >= 15 is 0 Å². The second-order valence-electron chi connectivity index (χ2n) is 6.36. The zero-order valence-corrected chi connectivity index (χ0v) is 13.2. The maximum Gasteiger partial charge on any atom is 0.217 e. The van der Waals surface area contributed by atoms with Crippen LogP contribution in [-0.2, 0) is 11.3 Å². The molecule has 3 rings (SSSR count). The predicted molar refractivity (Wildman–Crippen MR) is 81.3 cm³/mol. The van der Waals surface area contributed by atoms with Crippen molar-refractivity contribution in [3.8, 4) is 5.88 Å². The molecule has 2 aliphatic rings. The molecule has 2 fully saturated rings. The first-order valence-corrected chi connectivity index (χ1v) is 7.63. The van der Waals surface area contributed by atoms with Gasteiger partial charge in [0.2, 0.25) is 5.88 Å². The first-order chi connectivity index (χ1) is 10.2. The maximum atomic E-state index is 5.80. The van der Waals surface area contributed by atoms with Crippen molar-refractivity contribution >= 4 is 0 Å². The molecule has 2 saturated heterocycles. The quantitative estimate of drug-likeness (QED) is 0.830. The van der Waals surface area contributed by atoms with Gasteiger partial charge in [-0.25, -0.2) is 4.98 Å². The smallest absolute Gasteiger partial charge is 0.217 e. The van der Waals surface area contributed by atoms with Crippen molar-refractivity contribution in [3.63, 3.8) is 0 Å². The van der Waals surface area contributed by atoms with Crippen LogP contribution in [-0.4, -0.2) is 68.3 Å². The van der Waals surface area contributed by atoms with Gasteiger partial charge in [0.15, 0.2) is 0 Å². The number of likely N-dealkylation sites (tertiary alicyclic amines) is 1. The molecular weight excluding hydrogens is 266 g/mol. The van der Waals surface area contributed by atoms with E-state index in [9.17, 15) is 0 Å². The van der Waals surface area contributed by atoms with Gasteiger partial charge < -0.3 is 14.4 Å². The van der Waals surface area contributed by atoms with Gasteiger partial charge in [0.05, 0.1) is 20.3 Å². The molecule has 0 amide bonds. The number of pyridine rings is 1. The second kappa shape index (κ2) is 6.30. The molecule has 21 heavy (non-hydrogen) atoms. The highest BCUT2D eigenvalue weighted by atomic mass is 16.5. The van der Waals surface area contributed by atoms with Crippen molar-refractivity contribution in [2.24, 2.45) is 11.8 Å². The van der Waals surface area contributed by atoms with E-state index in [4.69, 9.17) is 9.47 Å². The van der Waals surface area contributed by atoms with Crippen LogP contribution in [0.5, 0.6) is 5.88 Å². The van der Waals surface area contributed by atoms with Crippen molar-refractivity contribution in [2.45, 2.75) is 12.6 Å². The molecule has 0 aliphatic carbocycles. The molecule has 2 aliphatic heterocycles. The number of fused-ring (bicyclic) bond motifs is 1. The molecule has 116 valence electrons. The monoisotopic (exact) mass is 291 g/mol. The van der Waals surface area contributed by atoms with E-state index in [0.29, 0.717) is 17.9 Å². The van der Waals surface area contributed by atoms with Gasteiger partial charge >= 0.3 is 0 Å². The van der Waals surface area contributed by atoms with Crippen molar-refractivity contribution < 1.29 is 9.47 Å². The Kier molecular flexibility index (Phi) is 4.42. The third kappa shape index (κ3) is 3.05. The Labute approximate surface area is 126 Å². The fourth-order valence-electron chi connectivity index (χ4n) is 3.69. The standard InChI is InChI=1S/C16H25N3O2/c1-18(2)15-11-21-10-13-8-19(9-14(13)15)7-12-5-4-6-17-16(12)20-3/h4-6,13-15H,7-11H2,1-3H3/t13-,14-,15-/m1/s1. The number of hydrogen-bond acceptors (Lipinski definition) is 5. The minimum atomic E-state index is 0.532.